The molecule has 1 aliphatic carbocycles. The maximum atomic E-state index is 11.6. The van der Waals surface area contributed by atoms with Gasteiger partial charge < -0.3 is 14.9 Å². The van der Waals surface area contributed by atoms with Crippen LogP contribution in [0.15, 0.2) is 23.8 Å². The smallest absolute Gasteiger partial charge is 0.333 e. The molecule has 5 heteroatoms. The number of hydrogen-bond donors (Lipinski definition) is 3. The first-order chi connectivity index (χ1) is 8.69. The fourth-order valence-electron chi connectivity index (χ4n) is 2.54. The topological polar surface area (TPSA) is 77.8 Å². The molecule has 0 amide bonds. The predicted octanol–water partition coefficient (Wildman–Crippen LogP) is 3.00. The fraction of sp³-hybridized carbons (Fsp3) is 0.714. The van der Waals surface area contributed by atoms with Crippen LogP contribution in [0.4, 0.5) is 0 Å². The highest BCUT2D eigenvalue weighted by Crippen LogP contribution is 2.49. The van der Waals surface area contributed by atoms with Gasteiger partial charge in [-0.25, -0.2) is 0 Å². The molecule has 0 saturated carbocycles. The number of hydrogen-bond acceptors (Lipinski definition) is 2. The van der Waals surface area contributed by atoms with Crippen LogP contribution >= 0.6 is 7.60 Å². The lowest BCUT2D eigenvalue weighted by Gasteiger charge is -2.30. The van der Waals surface area contributed by atoms with E-state index in [4.69, 9.17) is 0 Å². The SMILES string of the molecule is CCCCC1(O)C=CC(C(C(C)C)P(=O)(O)O)=CC1. The number of rotatable bonds is 6. The minimum absolute atomic E-state index is 0.140. The van der Waals surface area contributed by atoms with E-state index in [0.29, 0.717) is 18.4 Å². The molecule has 0 saturated heterocycles. The van der Waals surface area contributed by atoms with Gasteiger partial charge in [-0.05, 0) is 24.3 Å². The average Bonchev–Trinajstić information content (AvgIpc) is 2.28. The first-order valence-electron chi connectivity index (χ1n) is 6.86. The van der Waals surface area contributed by atoms with Gasteiger partial charge >= 0.3 is 7.60 Å². The highest BCUT2D eigenvalue weighted by atomic mass is 31.2. The van der Waals surface area contributed by atoms with E-state index in [0.717, 1.165) is 12.8 Å². The summed E-state index contributed by atoms with van der Waals surface area (Å²) in [7, 11) is -4.16. The predicted molar refractivity (Wildman–Crippen MR) is 77.0 cm³/mol. The summed E-state index contributed by atoms with van der Waals surface area (Å²) < 4.78 is 11.6. The molecule has 0 spiro atoms. The lowest BCUT2D eigenvalue weighted by Crippen LogP contribution is -2.29. The van der Waals surface area contributed by atoms with Crippen LogP contribution in [-0.4, -0.2) is 26.2 Å². The van der Waals surface area contributed by atoms with Crippen LogP contribution in [-0.2, 0) is 4.57 Å². The van der Waals surface area contributed by atoms with Crippen molar-refractivity contribution in [3.63, 3.8) is 0 Å². The molecule has 2 atom stereocenters. The number of unbranched alkanes of at least 4 members (excludes halogenated alkanes) is 1. The van der Waals surface area contributed by atoms with E-state index >= 15 is 0 Å². The molecule has 2 unspecified atom stereocenters. The zero-order chi connectivity index (χ0) is 14.7. The first kappa shape index (κ1) is 16.6. The second-order valence-corrected chi connectivity index (χ2v) is 7.46. The molecule has 0 bridgehead atoms. The van der Waals surface area contributed by atoms with Crippen molar-refractivity contribution >= 4 is 7.60 Å². The van der Waals surface area contributed by atoms with Crippen LogP contribution in [0.25, 0.3) is 0 Å². The van der Waals surface area contributed by atoms with E-state index in [-0.39, 0.29) is 5.92 Å². The van der Waals surface area contributed by atoms with E-state index in [1.807, 2.05) is 0 Å². The summed E-state index contributed by atoms with van der Waals surface area (Å²) in [4.78, 5) is 18.9. The minimum atomic E-state index is -4.16. The van der Waals surface area contributed by atoms with Gasteiger partial charge in [-0.3, -0.25) is 4.57 Å². The Bertz CT molecular complexity index is 408. The van der Waals surface area contributed by atoms with Gasteiger partial charge in [0.15, 0.2) is 0 Å². The molecule has 0 fully saturated rings. The molecule has 110 valence electrons. The summed E-state index contributed by atoms with van der Waals surface area (Å²) in [6.45, 7) is 5.67. The maximum absolute atomic E-state index is 11.6. The lowest BCUT2D eigenvalue weighted by atomic mass is 9.85. The molecule has 3 N–H and O–H groups in total. The quantitative estimate of drug-likeness (QED) is 0.657. The van der Waals surface area contributed by atoms with Crippen molar-refractivity contribution in [1.29, 1.82) is 0 Å². The van der Waals surface area contributed by atoms with Crippen molar-refractivity contribution in [2.75, 3.05) is 0 Å². The van der Waals surface area contributed by atoms with Gasteiger partial charge in [0.1, 0.15) is 0 Å². The fourth-order valence-corrected chi connectivity index (χ4v) is 3.89. The van der Waals surface area contributed by atoms with Crippen molar-refractivity contribution < 1.29 is 19.5 Å². The molecule has 0 radical (unpaired) electrons. The Morgan fingerprint density at radius 1 is 1.42 bits per heavy atom. The third-order valence-electron chi connectivity index (χ3n) is 3.58. The van der Waals surface area contributed by atoms with Crippen LogP contribution in [0.2, 0.25) is 0 Å². The zero-order valence-electron chi connectivity index (χ0n) is 11.9. The lowest BCUT2D eigenvalue weighted by molar-refractivity contribution is 0.0803. The summed E-state index contributed by atoms with van der Waals surface area (Å²) in [6, 6.07) is 0. The van der Waals surface area contributed by atoms with Crippen LogP contribution in [0.1, 0.15) is 46.5 Å². The van der Waals surface area contributed by atoms with Gasteiger partial charge in [0.25, 0.3) is 0 Å². The van der Waals surface area contributed by atoms with Gasteiger partial charge in [0.05, 0.1) is 11.3 Å². The van der Waals surface area contributed by atoms with Crippen LogP contribution in [0, 0.1) is 5.92 Å². The normalized spacial score (nSPS) is 25.5. The van der Waals surface area contributed by atoms with Crippen molar-refractivity contribution in [3.05, 3.63) is 23.8 Å². The third kappa shape index (κ3) is 4.57. The molecule has 1 aliphatic rings. The van der Waals surface area contributed by atoms with Crippen LogP contribution in [0.5, 0.6) is 0 Å². The molecule has 0 aromatic rings. The van der Waals surface area contributed by atoms with E-state index in [1.165, 1.54) is 0 Å². The Kier molecular flexibility index (Phi) is 5.57. The molecule has 0 aromatic carbocycles. The standard InChI is InChI=1S/C14H25O4P/c1-4-5-8-14(15)9-6-12(7-10-14)13(11(2)3)19(16,17)18/h6-7,9,11,13,15H,4-5,8,10H2,1-3H3,(H2,16,17,18). The van der Waals surface area contributed by atoms with E-state index in [1.54, 1.807) is 32.1 Å². The molecule has 19 heavy (non-hydrogen) atoms. The highest BCUT2D eigenvalue weighted by Gasteiger charge is 2.36. The first-order valence-corrected chi connectivity index (χ1v) is 8.54. The maximum Gasteiger partial charge on any atom is 0.333 e. The van der Waals surface area contributed by atoms with Crippen molar-refractivity contribution in [2.24, 2.45) is 5.92 Å². The number of aliphatic hydroxyl groups is 1. The van der Waals surface area contributed by atoms with Crippen molar-refractivity contribution in [2.45, 2.75) is 57.7 Å². The summed E-state index contributed by atoms with van der Waals surface area (Å²) in [5, 5.41) is 10.3. The van der Waals surface area contributed by atoms with Crippen molar-refractivity contribution in [1.82, 2.24) is 0 Å². The Morgan fingerprint density at radius 2 is 2.05 bits per heavy atom. The summed E-state index contributed by atoms with van der Waals surface area (Å²) in [5.74, 6) is -0.140. The van der Waals surface area contributed by atoms with Crippen molar-refractivity contribution in [3.8, 4) is 0 Å². The van der Waals surface area contributed by atoms with Gasteiger partial charge in [-0.15, -0.1) is 0 Å². The minimum Gasteiger partial charge on any atom is -0.385 e. The Balaban J connectivity index is 2.84. The monoisotopic (exact) mass is 288 g/mol. The Hall–Kier alpha value is -0.410. The van der Waals surface area contributed by atoms with E-state index < -0.39 is 18.9 Å². The highest BCUT2D eigenvalue weighted by molar-refractivity contribution is 7.52. The largest absolute Gasteiger partial charge is 0.385 e. The van der Waals surface area contributed by atoms with E-state index in [2.05, 4.69) is 6.92 Å². The molecule has 0 aromatic heterocycles. The van der Waals surface area contributed by atoms with Crippen LogP contribution < -0.4 is 0 Å². The summed E-state index contributed by atoms with van der Waals surface area (Å²) in [5.41, 5.74) is -0.986. The second kappa shape index (κ2) is 6.36. The summed E-state index contributed by atoms with van der Waals surface area (Å²) >= 11 is 0. The van der Waals surface area contributed by atoms with Gasteiger partial charge in [0.2, 0.25) is 0 Å². The van der Waals surface area contributed by atoms with Gasteiger partial charge in [0, 0.05) is 0 Å². The Morgan fingerprint density at radius 3 is 2.42 bits per heavy atom. The Labute approximate surface area is 115 Å². The molecule has 0 aliphatic heterocycles. The van der Waals surface area contributed by atoms with Crippen LogP contribution in [0.3, 0.4) is 0 Å². The van der Waals surface area contributed by atoms with E-state index in [9.17, 15) is 19.5 Å². The molecular weight excluding hydrogens is 263 g/mol. The third-order valence-corrected chi connectivity index (χ3v) is 5.20. The molecular formula is C14H25O4P. The zero-order valence-corrected chi connectivity index (χ0v) is 12.8. The average molecular weight is 288 g/mol. The molecule has 4 nitrogen and oxygen atoms in total. The number of allylic oxidation sites excluding steroid dienone is 2. The van der Waals surface area contributed by atoms with Gasteiger partial charge in [-0.2, -0.15) is 0 Å². The molecule has 0 heterocycles. The molecule has 1 rings (SSSR count). The van der Waals surface area contributed by atoms with Gasteiger partial charge in [-0.1, -0.05) is 51.8 Å². The summed E-state index contributed by atoms with van der Waals surface area (Å²) in [6.07, 6.45) is 8.24. The second-order valence-electron chi connectivity index (χ2n) is 5.73.